The van der Waals surface area contributed by atoms with Gasteiger partial charge in [-0.2, -0.15) is 0 Å². The SMILES string of the molecule is CCOC(=O)C(O)C(C(=O)OC(C)(C)C)C1(CC)CC1. The smallest absolute Gasteiger partial charge is 0.335 e. The molecule has 5 nitrogen and oxygen atoms in total. The number of hydrogen-bond donors (Lipinski definition) is 1. The third-order valence-corrected chi connectivity index (χ3v) is 3.76. The molecule has 1 aliphatic carbocycles. The van der Waals surface area contributed by atoms with E-state index in [0.29, 0.717) is 0 Å². The first-order valence-corrected chi connectivity index (χ1v) is 7.24. The maximum absolute atomic E-state index is 12.4. The maximum Gasteiger partial charge on any atom is 0.335 e. The molecule has 1 saturated carbocycles. The zero-order valence-electron chi connectivity index (χ0n) is 13.1. The molecule has 116 valence electrons. The first kappa shape index (κ1) is 17.0. The van der Waals surface area contributed by atoms with Gasteiger partial charge in [0.2, 0.25) is 0 Å². The van der Waals surface area contributed by atoms with Crippen LogP contribution in [0.25, 0.3) is 0 Å². The van der Waals surface area contributed by atoms with Gasteiger partial charge in [0.25, 0.3) is 0 Å². The van der Waals surface area contributed by atoms with Gasteiger partial charge in [-0.05, 0) is 52.4 Å². The average molecular weight is 286 g/mol. The van der Waals surface area contributed by atoms with Gasteiger partial charge in [-0.1, -0.05) is 6.92 Å². The number of rotatable bonds is 6. The van der Waals surface area contributed by atoms with Crippen molar-refractivity contribution in [2.24, 2.45) is 11.3 Å². The van der Waals surface area contributed by atoms with Crippen LogP contribution >= 0.6 is 0 Å². The van der Waals surface area contributed by atoms with Crippen molar-refractivity contribution in [1.82, 2.24) is 0 Å². The summed E-state index contributed by atoms with van der Waals surface area (Å²) in [5, 5.41) is 10.2. The lowest BCUT2D eigenvalue weighted by Gasteiger charge is -2.30. The fourth-order valence-corrected chi connectivity index (χ4v) is 2.49. The second-order valence-corrected chi connectivity index (χ2v) is 6.42. The van der Waals surface area contributed by atoms with Crippen molar-refractivity contribution in [2.75, 3.05) is 6.61 Å². The molecule has 0 bridgehead atoms. The minimum atomic E-state index is -1.45. The van der Waals surface area contributed by atoms with Gasteiger partial charge < -0.3 is 14.6 Å². The van der Waals surface area contributed by atoms with E-state index in [1.54, 1.807) is 27.7 Å². The molecule has 0 aromatic rings. The largest absolute Gasteiger partial charge is 0.464 e. The molecule has 1 fully saturated rings. The summed E-state index contributed by atoms with van der Waals surface area (Å²) in [6.45, 7) is 9.11. The van der Waals surface area contributed by atoms with Crippen LogP contribution in [0.15, 0.2) is 0 Å². The zero-order chi connectivity index (χ0) is 15.6. The van der Waals surface area contributed by atoms with Gasteiger partial charge in [0, 0.05) is 0 Å². The molecule has 0 spiro atoms. The quantitative estimate of drug-likeness (QED) is 0.757. The number of aliphatic hydroxyl groups excluding tert-OH is 1. The predicted molar refractivity (Wildman–Crippen MR) is 73.9 cm³/mol. The van der Waals surface area contributed by atoms with Crippen molar-refractivity contribution < 1.29 is 24.2 Å². The molecule has 2 atom stereocenters. The number of esters is 2. The highest BCUT2D eigenvalue weighted by molar-refractivity contribution is 5.85. The molecule has 0 saturated heterocycles. The summed E-state index contributed by atoms with van der Waals surface area (Å²) in [6.07, 6.45) is 0.924. The molecule has 2 unspecified atom stereocenters. The summed E-state index contributed by atoms with van der Waals surface area (Å²) in [7, 11) is 0. The Bertz CT molecular complexity index is 365. The number of aliphatic hydroxyl groups is 1. The highest BCUT2D eigenvalue weighted by atomic mass is 16.6. The fraction of sp³-hybridized carbons (Fsp3) is 0.867. The Balaban J connectivity index is 2.92. The van der Waals surface area contributed by atoms with Crippen LogP contribution in [0.2, 0.25) is 0 Å². The second-order valence-electron chi connectivity index (χ2n) is 6.42. The molecule has 0 radical (unpaired) electrons. The minimum Gasteiger partial charge on any atom is -0.464 e. The van der Waals surface area contributed by atoms with Crippen molar-refractivity contribution in [1.29, 1.82) is 0 Å². The molecule has 0 aromatic carbocycles. The summed E-state index contributed by atoms with van der Waals surface area (Å²) >= 11 is 0. The van der Waals surface area contributed by atoms with Crippen LogP contribution in [0.3, 0.4) is 0 Å². The molecule has 0 aliphatic heterocycles. The first-order valence-electron chi connectivity index (χ1n) is 7.24. The number of hydrogen-bond acceptors (Lipinski definition) is 5. The Labute approximate surface area is 120 Å². The van der Waals surface area contributed by atoms with Crippen LogP contribution in [0.1, 0.15) is 53.9 Å². The van der Waals surface area contributed by atoms with Crippen molar-refractivity contribution >= 4 is 11.9 Å². The van der Waals surface area contributed by atoms with Gasteiger partial charge in [0.15, 0.2) is 6.10 Å². The Morgan fingerprint density at radius 2 is 1.75 bits per heavy atom. The summed E-state index contributed by atoms with van der Waals surface area (Å²) in [5.74, 6) is -2.11. The van der Waals surface area contributed by atoms with Gasteiger partial charge in [-0.3, -0.25) is 4.79 Å². The zero-order valence-corrected chi connectivity index (χ0v) is 13.1. The summed E-state index contributed by atoms with van der Waals surface area (Å²) in [5.41, 5.74) is -0.970. The lowest BCUT2D eigenvalue weighted by Crippen LogP contribution is -2.44. The van der Waals surface area contributed by atoms with Crippen molar-refractivity contribution in [3.05, 3.63) is 0 Å². The third kappa shape index (κ3) is 3.95. The summed E-state index contributed by atoms with van der Waals surface area (Å²) < 4.78 is 10.2. The Morgan fingerprint density at radius 1 is 1.20 bits per heavy atom. The van der Waals surface area contributed by atoms with Gasteiger partial charge in [-0.25, -0.2) is 4.79 Å². The molecule has 0 aromatic heterocycles. The second kappa shape index (κ2) is 6.12. The molecule has 0 heterocycles. The third-order valence-electron chi connectivity index (χ3n) is 3.76. The van der Waals surface area contributed by atoms with Gasteiger partial charge in [0.05, 0.1) is 12.5 Å². The highest BCUT2D eigenvalue weighted by Crippen LogP contribution is 2.56. The van der Waals surface area contributed by atoms with E-state index in [-0.39, 0.29) is 12.0 Å². The Kier molecular flexibility index (Phi) is 5.19. The van der Waals surface area contributed by atoms with Gasteiger partial charge in [-0.15, -0.1) is 0 Å². The lowest BCUT2D eigenvalue weighted by atomic mass is 9.82. The summed E-state index contributed by atoms with van der Waals surface area (Å²) in [6, 6.07) is 0. The molecule has 0 amide bonds. The van der Waals surface area contributed by atoms with Crippen LogP contribution in [-0.2, 0) is 19.1 Å². The van der Waals surface area contributed by atoms with Crippen LogP contribution in [-0.4, -0.2) is 35.4 Å². The number of carbonyl (C=O) groups is 2. The van der Waals surface area contributed by atoms with Gasteiger partial charge >= 0.3 is 11.9 Å². The Morgan fingerprint density at radius 3 is 2.10 bits per heavy atom. The topological polar surface area (TPSA) is 72.8 Å². The molecular weight excluding hydrogens is 260 g/mol. The van der Waals surface area contributed by atoms with Crippen molar-refractivity contribution in [2.45, 2.75) is 65.6 Å². The van der Waals surface area contributed by atoms with Gasteiger partial charge in [0.1, 0.15) is 5.60 Å². The van der Waals surface area contributed by atoms with E-state index >= 15 is 0 Å². The van der Waals surface area contributed by atoms with E-state index in [2.05, 4.69) is 0 Å². The number of carbonyl (C=O) groups excluding carboxylic acids is 2. The molecule has 20 heavy (non-hydrogen) atoms. The monoisotopic (exact) mass is 286 g/mol. The maximum atomic E-state index is 12.4. The lowest BCUT2D eigenvalue weighted by molar-refractivity contribution is -0.177. The standard InChI is InChI=1S/C15H26O5/c1-6-15(8-9-15)10(11(16)13(18)19-7-2)12(17)20-14(3,4)5/h10-11,16H,6-9H2,1-5H3. The molecule has 1 rings (SSSR count). The van der Waals surface area contributed by atoms with Crippen LogP contribution in [0, 0.1) is 11.3 Å². The predicted octanol–water partition coefficient (Wildman–Crippen LogP) is 2.06. The van der Waals surface area contributed by atoms with E-state index in [4.69, 9.17) is 9.47 Å². The molecular formula is C15H26O5. The average Bonchev–Trinajstić information content (AvgIpc) is 3.08. The van der Waals surface area contributed by atoms with Crippen molar-refractivity contribution in [3.8, 4) is 0 Å². The van der Waals surface area contributed by atoms with Crippen LogP contribution < -0.4 is 0 Å². The van der Waals surface area contributed by atoms with Crippen molar-refractivity contribution in [3.63, 3.8) is 0 Å². The number of ether oxygens (including phenoxy) is 2. The first-order chi connectivity index (χ1) is 9.17. The molecule has 5 heteroatoms. The van der Waals surface area contributed by atoms with E-state index in [0.717, 1.165) is 19.3 Å². The normalized spacial score (nSPS) is 19.9. The molecule has 1 aliphatic rings. The minimum absolute atomic E-state index is 0.177. The Hall–Kier alpha value is -1.10. The summed E-state index contributed by atoms with van der Waals surface area (Å²) in [4.78, 5) is 24.1. The van der Waals surface area contributed by atoms with E-state index in [9.17, 15) is 14.7 Å². The van der Waals surface area contributed by atoms with Crippen LogP contribution in [0.4, 0.5) is 0 Å². The highest BCUT2D eigenvalue weighted by Gasteiger charge is 2.56. The van der Waals surface area contributed by atoms with E-state index in [1.165, 1.54) is 0 Å². The molecule has 1 N–H and O–H groups in total. The van der Waals surface area contributed by atoms with Crippen LogP contribution in [0.5, 0.6) is 0 Å². The van der Waals surface area contributed by atoms with E-state index < -0.39 is 29.6 Å². The fourth-order valence-electron chi connectivity index (χ4n) is 2.49. The van der Waals surface area contributed by atoms with E-state index in [1.807, 2.05) is 6.92 Å².